The van der Waals surface area contributed by atoms with Gasteiger partial charge in [-0.1, -0.05) is 36.4 Å². The molecule has 0 radical (unpaired) electrons. The molecule has 122 valence electrons. The van der Waals surface area contributed by atoms with Crippen LogP contribution in [0.15, 0.2) is 60.9 Å². The first-order chi connectivity index (χ1) is 12.4. The molecule has 0 unspecified atom stereocenters. The van der Waals surface area contributed by atoms with Crippen LogP contribution in [0.5, 0.6) is 0 Å². The Morgan fingerprint density at radius 3 is 2.72 bits per heavy atom. The summed E-state index contributed by atoms with van der Waals surface area (Å²) in [6.07, 6.45) is 5.13. The Bertz CT molecular complexity index is 1050. The molecule has 2 heterocycles. The lowest BCUT2D eigenvalue weighted by molar-refractivity contribution is 0.912. The number of nitrogens with one attached hydrogen (secondary N) is 1. The van der Waals surface area contributed by atoms with Crippen molar-refractivity contribution in [2.75, 3.05) is 5.32 Å². The fourth-order valence-electron chi connectivity index (χ4n) is 3.46. The number of aryl methyl sites for hydroxylation is 2. The third kappa shape index (κ3) is 2.54. The zero-order valence-corrected chi connectivity index (χ0v) is 13.7. The van der Waals surface area contributed by atoms with Crippen LogP contribution in [0, 0.1) is 0 Å². The van der Waals surface area contributed by atoms with E-state index in [-0.39, 0.29) is 0 Å². The minimum Gasteiger partial charge on any atom is -0.340 e. The summed E-state index contributed by atoms with van der Waals surface area (Å²) in [5.41, 5.74) is 5.92. The van der Waals surface area contributed by atoms with Crippen LogP contribution in [-0.4, -0.2) is 19.6 Å². The van der Waals surface area contributed by atoms with Crippen molar-refractivity contribution in [1.82, 2.24) is 19.6 Å². The maximum Gasteiger partial charge on any atom is 0.254 e. The summed E-state index contributed by atoms with van der Waals surface area (Å²) in [6.45, 7) is 0. The highest BCUT2D eigenvalue weighted by Gasteiger charge is 2.13. The van der Waals surface area contributed by atoms with Crippen molar-refractivity contribution >= 4 is 17.3 Å². The van der Waals surface area contributed by atoms with Gasteiger partial charge in [-0.3, -0.25) is 0 Å². The first-order valence-corrected chi connectivity index (χ1v) is 8.52. The van der Waals surface area contributed by atoms with Gasteiger partial charge in [0.1, 0.15) is 12.1 Å². The van der Waals surface area contributed by atoms with E-state index in [0.29, 0.717) is 5.78 Å². The fraction of sp³-hybridized carbons (Fsp3) is 0.150. The highest BCUT2D eigenvalue weighted by Crippen LogP contribution is 2.28. The van der Waals surface area contributed by atoms with Crippen LogP contribution < -0.4 is 5.32 Å². The second-order valence-electron chi connectivity index (χ2n) is 6.33. The Hall–Kier alpha value is -3.21. The zero-order valence-electron chi connectivity index (χ0n) is 13.7. The van der Waals surface area contributed by atoms with Crippen molar-refractivity contribution < 1.29 is 0 Å². The molecule has 4 aromatic rings. The molecule has 5 nitrogen and oxygen atoms in total. The number of nitrogens with zero attached hydrogens (tertiary/aromatic N) is 4. The number of hydrogen-bond acceptors (Lipinski definition) is 4. The first kappa shape index (κ1) is 14.2. The maximum absolute atomic E-state index is 4.61. The second-order valence-corrected chi connectivity index (χ2v) is 6.33. The van der Waals surface area contributed by atoms with Crippen LogP contribution in [0.1, 0.15) is 17.5 Å². The Morgan fingerprint density at radius 1 is 0.920 bits per heavy atom. The van der Waals surface area contributed by atoms with E-state index in [1.165, 1.54) is 30.3 Å². The third-order valence-corrected chi connectivity index (χ3v) is 4.69. The summed E-state index contributed by atoms with van der Waals surface area (Å²) < 4.78 is 1.74. The summed E-state index contributed by atoms with van der Waals surface area (Å²) >= 11 is 0. The van der Waals surface area contributed by atoms with Crippen molar-refractivity contribution in [1.29, 1.82) is 0 Å². The standard InChI is InChI=1S/C20H17N5/c1-2-5-15(6-3-1)18-12-19(25-20(24-18)21-13-22-25)23-17-10-9-14-7-4-8-16(14)11-17/h1-3,5-6,9-13,23H,4,7-8H2. The quantitative estimate of drug-likeness (QED) is 0.617. The minimum atomic E-state index is 0.588. The molecule has 25 heavy (non-hydrogen) atoms. The number of fused-ring (bicyclic) bond motifs is 2. The van der Waals surface area contributed by atoms with Gasteiger partial charge in [-0.2, -0.15) is 14.6 Å². The first-order valence-electron chi connectivity index (χ1n) is 8.52. The SMILES string of the molecule is c1ccc(-c2cc(Nc3ccc4c(c3)CCC4)n3ncnc3n2)cc1. The fourth-order valence-corrected chi connectivity index (χ4v) is 3.46. The van der Waals surface area contributed by atoms with E-state index in [4.69, 9.17) is 0 Å². The highest BCUT2D eigenvalue weighted by atomic mass is 15.3. The van der Waals surface area contributed by atoms with Crippen molar-refractivity contribution in [2.45, 2.75) is 19.3 Å². The summed E-state index contributed by atoms with van der Waals surface area (Å²) in [5.74, 6) is 1.45. The lowest BCUT2D eigenvalue weighted by Gasteiger charge is -2.11. The Labute approximate surface area is 145 Å². The molecule has 1 N–H and O–H groups in total. The molecule has 5 heteroatoms. The molecule has 0 saturated heterocycles. The van der Waals surface area contributed by atoms with Crippen molar-refractivity contribution in [3.05, 3.63) is 72.1 Å². The van der Waals surface area contributed by atoms with Crippen LogP contribution in [0.3, 0.4) is 0 Å². The number of anilines is 2. The van der Waals surface area contributed by atoms with Crippen LogP contribution in [0.2, 0.25) is 0 Å². The van der Waals surface area contributed by atoms with Crippen molar-refractivity contribution in [2.24, 2.45) is 0 Å². The highest BCUT2D eigenvalue weighted by molar-refractivity contribution is 5.68. The Kier molecular flexibility index (Phi) is 3.23. The molecular formula is C20H17N5. The van der Waals surface area contributed by atoms with Crippen LogP contribution >= 0.6 is 0 Å². The van der Waals surface area contributed by atoms with Gasteiger partial charge in [0.05, 0.1) is 5.69 Å². The van der Waals surface area contributed by atoms with Gasteiger partial charge in [0, 0.05) is 17.3 Å². The van der Waals surface area contributed by atoms with Gasteiger partial charge in [0.15, 0.2) is 0 Å². The second kappa shape index (κ2) is 5.70. The van der Waals surface area contributed by atoms with E-state index in [0.717, 1.165) is 29.2 Å². The van der Waals surface area contributed by atoms with E-state index in [1.807, 2.05) is 36.4 Å². The van der Waals surface area contributed by atoms with Gasteiger partial charge in [-0.05, 0) is 42.5 Å². The summed E-state index contributed by atoms with van der Waals surface area (Å²) in [7, 11) is 0. The maximum atomic E-state index is 4.61. The predicted molar refractivity (Wildman–Crippen MR) is 98.0 cm³/mol. The molecular weight excluding hydrogens is 310 g/mol. The summed E-state index contributed by atoms with van der Waals surface area (Å²) in [4.78, 5) is 8.88. The monoisotopic (exact) mass is 327 g/mol. The Balaban J connectivity index is 1.59. The molecule has 0 fully saturated rings. The zero-order chi connectivity index (χ0) is 16.6. The predicted octanol–water partition coefficient (Wildman–Crippen LogP) is 4.02. The number of hydrogen-bond donors (Lipinski definition) is 1. The molecule has 0 saturated carbocycles. The average molecular weight is 327 g/mol. The van der Waals surface area contributed by atoms with E-state index in [1.54, 1.807) is 4.52 Å². The summed E-state index contributed by atoms with van der Waals surface area (Å²) in [5, 5.41) is 7.80. The molecule has 2 aromatic heterocycles. The minimum absolute atomic E-state index is 0.588. The van der Waals surface area contributed by atoms with E-state index >= 15 is 0 Å². The van der Waals surface area contributed by atoms with Gasteiger partial charge in [0.25, 0.3) is 5.78 Å². The van der Waals surface area contributed by atoms with E-state index < -0.39 is 0 Å². The molecule has 1 aliphatic rings. The molecule has 2 aromatic carbocycles. The van der Waals surface area contributed by atoms with Gasteiger partial charge in [-0.25, -0.2) is 4.98 Å². The van der Waals surface area contributed by atoms with Gasteiger partial charge >= 0.3 is 0 Å². The van der Waals surface area contributed by atoms with Gasteiger partial charge in [0.2, 0.25) is 0 Å². The van der Waals surface area contributed by atoms with Crippen LogP contribution in [-0.2, 0) is 12.8 Å². The summed E-state index contributed by atoms with van der Waals surface area (Å²) in [6, 6.07) is 18.7. The normalized spacial score (nSPS) is 13.1. The van der Waals surface area contributed by atoms with Crippen molar-refractivity contribution in [3.63, 3.8) is 0 Å². The van der Waals surface area contributed by atoms with E-state index in [9.17, 15) is 0 Å². The van der Waals surface area contributed by atoms with E-state index in [2.05, 4.69) is 38.6 Å². The molecule has 0 bridgehead atoms. The average Bonchev–Trinajstić information content (AvgIpc) is 3.31. The van der Waals surface area contributed by atoms with Crippen LogP contribution in [0.25, 0.3) is 17.0 Å². The van der Waals surface area contributed by atoms with Crippen LogP contribution in [0.4, 0.5) is 11.5 Å². The smallest absolute Gasteiger partial charge is 0.254 e. The van der Waals surface area contributed by atoms with Gasteiger partial charge < -0.3 is 5.32 Å². The molecule has 0 amide bonds. The number of benzene rings is 2. The molecule has 0 spiro atoms. The van der Waals surface area contributed by atoms with Gasteiger partial charge in [-0.15, -0.1) is 0 Å². The lowest BCUT2D eigenvalue weighted by Crippen LogP contribution is -2.03. The molecule has 1 aliphatic carbocycles. The topological polar surface area (TPSA) is 55.1 Å². The third-order valence-electron chi connectivity index (χ3n) is 4.69. The number of rotatable bonds is 3. The van der Waals surface area contributed by atoms with Crippen molar-refractivity contribution in [3.8, 4) is 11.3 Å². The number of aromatic nitrogens is 4. The molecule has 0 aliphatic heterocycles. The molecule has 0 atom stereocenters. The molecule has 5 rings (SSSR count). The Morgan fingerprint density at radius 2 is 1.80 bits per heavy atom. The largest absolute Gasteiger partial charge is 0.340 e. The lowest BCUT2D eigenvalue weighted by atomic mass is 10.1.